The lowest BCUT2D eigenvalue weighted by atomic mass is 9.71. The van der Waals surface area contributed by atoms with Crippen molar-refractivity contribution < 1.29 is 40.2 Å². The molecule has 3 aliphatic carbocycles. The van der Waals surface area contributed by atoms with E-state index in [4.69, 9.17) is 0 Å². The molecule has 2 aromatic carbocycles. The van der Waals surface area contributed by atoms with E-state index in [0.29, 0.717) is 11.1 Å². The second-order valence-electron chi connectivity index (χ2n) is 9.39. The molecule has 1 saturated carbocycles. The van der Waals surface area contributed by atoms with Crippen LogP contribution in [0.1, 0.15) is 11.1 Å². The minimum Gasteiger partial charge on any atom is -0.508 e. The first-order valence-corrected chi connectivity index (χ1v) is 12.2. The Balaban J connectivity index is 1.37. The molecule has 0 saturated heterocycles. The normalized spacial score (nSPS) is 21.4. The number of hydrogen-bond acceptors (Lipinski definition) is 8. The average molecular weight is 537 g/mol. The second-order valence-corrected chi connectivity index (χ2v) is 9.39. The number of phenolic OH excluding ortho intramolecular Hbond substituents is 2. The van der Waals surface area contributed by atoms with Crippen molar-refractivity contribution in [2.75, 3.05) is 0 Å². The van der Waals surface area contributed by atoms with Gasteiger partial charge in [-0.25, -0.2) is 0 Å². The zero-order valence-electron chi connectivity index (χ0n) is 20.9. The molecule has 0 heterocycles. The lowest BCUT2D eigenvalue weighted by Crippen LogP contribution is -2.45. The van der Waals surface area contributed by atoms with Crippen LogP contribution in [0.15, 0.2) is 130 Å². The molecule has 0 bridgehead atoms. The topological polar surface area (TPSA) is 156 Å². The lowest BCUT2D eigenvalue weighted by molar-refractivity contribution is -0.112. The van der Waals surface area contributed by atoms with Gasteiger partial charge in [0.25, 0.3) is 0 Å². The van der Waals surface area contributed by atoms with Crippen molar-refractivity contribution in [1.29, 1.82) is 0 Å². The highest BCUT2D eigenvalue weighted by atomic mass is 16.3. The first kappa shape index (κ1) is 26.4. The SMILES string of the molecule is O=C1C=C(/C=C/c2ccc(O)cc2)C=C(O)C1=C1C(O)C(=C2C(=O)C=C(/C=C/c3ccc(O)cc3)C=C2O)C1O. The molecule has 3 aliphatic rings. The summed E-state index contributed by atoms with van der Waals surface area (Å²) >= 11 is 0. The van der Waals surface area contributed by atoms with E-state index in [1.54, 1.807) is 48.6 Å². The minimum atomic E-state index is -1.57. The zero-order valence-corrected chi connectivity index (χ0v) is 20.9. The summed E-state index contributed by atoms with van der Waals surface area (Å²) < 4.78 is 0. The summed E-state index contributed by atoms with van der Waals surface area (Å²) in [5.41, 5.74) is 1.38. The van der Waals surface area contributed by atoms with Crippen LogP contribution in [0.25, 0.3) is 12.2 Å². The van der Waals surface area contributed by atoms with Gasteiger partial charge >= 0.3 is 0 Å². The number of ketones is 2. The van der Waals surface area contributed by atoms with Crippen molar-refractivity contribution in [3.05, 3.63) is 141 Å². The smallest absolute Gasteiger partial charge is 0.190 e. The van der Waals surface area contributed by atoms with Crippen LogP contribution in [0.2, 0.25) is 0 Å². The Morgan fingerprint density at radius 2 is 0.850 bits per heavy atom. The maximum Gasteiger partial charge on any atom is 0.190 e. The number of aliphatic hydroxyl groups excluding tert-OH is 4. The number of aromatic hydroxyl groups is 2. The van der Waals surface area contributed by atoms with Crippen molar-refractivity contribution in [2.24, 2.45) is 0 Å². The van der Waals surface area contributed by atoms with Crippen LogP contribution in [0.5, 0.6) is 11.5 Å². The maximum absolute atomic E-state index is 12.9. The van der Waals surface area contributed by atoms with Crippen LogP contribution in [-0.2, 0) is 9.59 Å². The Morgan fingerprint density at radius 3 is 1.18 bits per heavy atom. The van der Waals surface area contributed by atoms with Gasteiger partial charge in [-0.15, -0.1) is 0 Å². The molecule has 0 unspecified atom stereocenters. The number of carbonyl (C=O) groups excluding carboxylic acids is 2. The molecule has 0 atom stereocenters. The molecule has 0 radical (unpaired) electrons. The van der Waals surface area contributed by atoms with Gasteiger partial charge in [-0.05, 0) is 70.8 Å². The Bertz CT molecular complexity index is 1520. The van der Waals surface area contributed by atoms with E-state index in [-0.39, 0.29) is 33.8 Å². The number of allylic oxidation sites excluding steroid dienone is 10. The fraction of sp³-hybridized carbons (Fsp3) is 0.0625. The summed E-state index contributed by atoms with van der Waals surface area (Å²) in [6, 6.07) is 12.7. The number of benzene rings is 2. The van der Waals surface area contributed by atoms with E-state index < -0.39 is 35.3 Å². The van der Waals surface area contributed by atoms with Crippen molar-refractivity contribution in [2.45, 2.75) is 12.2 Å². The van der Waals surface area contributed by atoms with Crippen LogP contribution in [0, 0.1) is 0 Å². The number of rotatable bonds is 4. The summed E-state index contributed by atoms with van der Waals surface area (Å²) in [5.74, 6) is -1.96. The zero-order chi connectivity index (χ0) is 28.6. The van der Waals surface area contributed by atoms with Crippen molar-refractivity contribution >= 4 is 23.7 Å². The van der Waals surface area contributed by atoms with E-state index >= 15 is 0 Å². The fourth-order valence-electron chi connectivity index (χ4n) is 4.66. The maximum atomic E-state index is 12.9. The van der Waals surface area contributed by atoms with Crippen molar-refractivity contribution in [1.82, 2.24) is 0 Å². The molecule has 1 fully saturated rings. The predicted octanol–water partition coefficient (Wildman–Crippen LogP) is 4.06. The largest absolute Gasteiger partial charge is 0.508 e. The third-order valence-electron chi connectivity index (χ3n) is 6.69. The van der Waals surface area contributed by atoms with E-state index in [9.17, 15) is 40.2 Å². The third kappa shape index (κ3) is 5.09. The molecular weight excluding hydrogens is 512 g/mol. The van der Waals surface area contributed by atoms with Crippen LogP contribution < -0.4 is 0 Å². The fourth-order valence-corrected chi connectivity index (χ4v) is 4.66. The molecular formula is C32H24O8. The Morgan fingerprint density at radius 1 is 0.500 bits per heavy atom. The molecule has 5 rings (SSSR count). The van der Waals surface area contributed by atoms with Gasteiger partial charge in [-0.3, -0.25) is 9.59 Å². The molecule has 2 aromatic rings. The predicted molar refractivity (Wildman–Crippen MR) is 148 cm³/mol. The van der Waals surface area contributed by atoms with Gasteiger partial charge in [-0.1, -0.05) is 48.6 Å². The Hall–Kier alpha value is -5.18. The van der Waals surface area contributed by atoms with E-state index in [0.717, 1.165) is 11.1 Å². The summed E-state index contributed by atoms with van der Waals surface area (Å²) in [4.78, 5) is 25.7. The highest BCUT2D eigenvalue weighted by Crippen LogP contribution is 2.43. The van der Waals surface area contributed by atoms with Gasteiger partial charge in [0.2, 0.25) is 0 Å². The second kappa shape index (κ2) is 10.5. The van der Waals surface area contributed by atoms with Gasteiger partial charge in [0.05, 0.1) is 11.1 Å². The molecule has 0 aromatic heterocycles. The lowest BCUT2D eigenvalue weighted by Gasteiger charge is -2.39. The molecule has 0 spiro atoms. The van der Waals surface area contributed by atoms with E-state index in [1.807, 2.05) is 0 Å². The highest BCUT2D eigenvalue weighted by molar-refractivity contribution is 6.12. The molecule has 0 aliphatic heterocycles. The standard InChI is InChI=1S/C32H24O8/c33-21-9-5-17(6-10-21)1-3-19-13-23(35)27(24(36)14-19)29-31(39)30(32(29)40)28-25(37)15-20(16-26(28)38)4-2-18-7-11-22(34)12-8-18/h1-16,31-35,37,39-40H/b3-1+,4-2+,29-27?,30-28?. The molecule has 8 nitrogen and oxygen atoms in total. The molecule has 40 heavy (non-hydrogen) atoms. The quantitative estimate of drug-likeness (QED) is 0.320. The van der Waals surface area contributed by atoms with Crippen LogP contribution in [0.3, 0.4) is 0 Å². The van der Waals surface area contributed by atoms with Gasteiger partial charge < -0.3 is 30.6 Å². The van der Waals surface area contributed by atoms with Crippen LogP contribution in [-0.4, -0.2) is 54.4 Å². The van der Waals surface area contributed by atoms with Gasteiger partial charge in [0.15, 0.2) is 11.6 Å². The van der Waals surface area contributed by atoms with E-state index in [1.165, 1.54) is 48.6 Å². The summed E-state index contributed by atoms with van der Waals surface area (Å²) in [5, 5.41) is 61.6. The molecule has 6 N–H and O–H groups in total. The average Bonchev–Trinajstić information content (AvgIpc) is 2.92. The number of hydrogen-bond donors (Lipinski definition) is 6. The highest BCUT2D eigenvalue weighted by Gasteiger charge is 2.46. The third-order valence-corrected chi connectivity index (χ3v) is 6.69. The summed E-state index contributed by atoms with van der Waals surface area (Å²) in [7, 11) is 0. The molecule has 0 amide bonds. The summed E-state index contributed by atoms with van der Waals surface area (Å²) in [6.07, 6.45) is 8.51. The van der Waals surface area contributed by atoms with Gasteiger partial charge in [-0.2, -0.15) is 0 Å². The van der Waals surface area contributed by atoms with Crippen molar-refractivity contribution in [3.63, 3.8) is 0 Å². The number of carbonyl (C=O) groups is 2. The minimum absolute atomic E-state index is 0.114. The first-order valence-electron chi connectivity index (χ1n) is 12.2. The van der Waals surface area contributed by atoms with E-state index in [2.05, 4.69) is 0 Å². The Kier molecular flexibility index (Phi) is 6.96. The molecule has 8 heteroatoms. The van der Waals surface area contributed by atoms with Crippen LogP contribution >= 0.6 is 0 Å². The van der Waals surface area contributed by atoms with Gasteiger partial charge in [0.1, 0.15) is 35.2 Å². The summed E-state index contributed by atoms with van der Waals surface area (Å²) in [6.45, 7) is 0. The monoisotopic (exact) mass is 536 g/mol. The van der Waals surface area contributed by atoms with Gasteiger partial charge in [0, 0.05) is 11.1 Å². The Labute approximate surface area is 228 Å². The number of aliphatic hydroxyl groups is 4. The molecule has 200 valence electrons. The number of phenols is 2. The van der Waals surface area contributed by atoms with Crippen LogP contribution in [0.4, 0.5) is 0 Å². The van der Waals surface area contributed by atoms with Crippen molar-refractivity contribution in [3.8, 4) is 11.5 Å². The first-order chi connectivity index (χ1) is 19.1.